The van der Waals surface area contributed by atoms with Gasteiger partial charge in [0, 0.05) is 16.6 Å². The molecule has 0 aliphatic carbocycles. The summed E-state index contributed by atoms with van der Waals surface area (Å²) in [7, 11) is -1.27. The van der Waals surface area contributed by atoms with Crippen molar-refractivity contribution in [2.75, 3.05) is 11.5 Å². The van der Waals surface area contributed by atoms with Crippen LogP contribution < -0.4 is 0 Å². The van der Waals surface area contributed by atoms with Crippen molar-refractivity contribution in [2.24, 2.45) is 0 Å². The Balaban J connectivity index is 2.84. The number of rotatable bonds is 3. The van der Waals surface area contributed by atoms with Crippen molar-refractivity contribution in [1.29, 1.82) is 0 Å². The van der Waals surface area contributed by atoms with Crippen molar-refractivity contribution < 1.29 is 19.2 Å². The number of thioether (sulfide) groups is 1. The van der Waals surface area contributed by atoms with Gasteiger partial charge in [-0.3, -0.25) is 9.00 Å². The van der Waals surface area contributed by atoms with E-state index in [1.54, 1.807) is 6.92 Å². The number of hydrogen-bond donors (Lipinski definition) is 2. The van der Waals surface area contributed by atoms with Gasteiger partial charge in [0.05, 0.1) is 6.10 Å². The summed E-state index contributed by atoms with van der Waals surface area (Å²) in [6.45, 7) is 2.93. The SMILES string of the molecule is C[C@H](O)[C@@H](O)C(=O)[C@@]1(C)SCCCS1=O. The zero-order valence-corrected chi connectivity index (χ0v) is 10.4. The van der Waals surface area contributed by atoms with Gasteiger partial charge in [-0.05, 0) is 26.0 Å². The first-order valence-electron chi connectivity index (χ1n) is 4.82. The lowest BCUT2D eigenvalue weighted by Gasteiger charge is -2.32. The molecule has 0 radical (unpaired) electrons. The molecular formula is C9H16O4S2. The highest BCUT2D eigenvalue weighted by Gasteiger charge is 2.45. The predicted octanol–water partition coefficient (Wildman–Crippen LogP) is -0.101. The van der Waals surface area contributed by atoms with Gasteiger partial charge in [0.1, 0.15) is 10.2 Å². The van der Waals surface area contributed by atoms with E-state index < -0.39 is 32.9 Å². The van der Waals surface area contributed by atoms with Gasteiger partial charge < -0.3 is 10.2 Å². The maximum absolute atomic E-state index is 11.8. The lowest BCUT2D eigenvalue weighted by Crippen LogP contribution is -2.49. The quantitative estimate of drug-likeness (QED) is 0.733. The number of aliphatic hydroxyl groups excluding tert-OH is 2. The average Bonchev–Trinajstić information content (AvgIpc) is 2.20. The molecule has 0 aromatic heterocycles. The highest BCUT2D eigenvalue weighted by molar-refractivity contribution is 8.14. The molecule has 1 unspecified atom stereocenters. The molecule has 0 amide bonds. The minimum absolute atomic E-state index is 0.488. The maximum atomic E-state index is 11.8. The molecule has 1 heterocycles. The molecule has 1 saturated heterocycles. The lowest BCUT2D eigenvalue weighted by atomic mass is 10.1. The predicted molar refractivity (Wildman–Crippen MR) is 61.2 cm³/mol. The highest BCUT2D eigenvalue weighted by Crippen LogP contribution is 2.36. The monoisotopic (exact) mass is 252 g/mol. The second-order valence-electron chi connectivity index (χ2n) is 3.75. The van der Waals surface area contributed by atoms with Crippen molar-refractivity contribution in [3.63, 3.8) is 0 Å². The number of aliphatic hydroxyl groups is 2. The smallest absolute Gasteiger partial charge is 0.192 e. The molecule has 2 N–H and O–H groups in total. The summed E-state index contributed by atoms with van der Waals surface area (Å²) in [5, 5.41) is 18.6. The third-order valence-electron chi connectivity index (χ3n) is 2.46. The fourth-order valence-corrected chi connectivity index (χ4v) is 4.68. The van der Waals surface area contributed by atoms with Gasteiger partial charge in [-0.2, -0.15) is 0 Å². The molecule has 15 heavy (non-hydrogen) atoms. The molecular weight excluding hydrogens is 236 g/mol. The number of carbonyl (C=O) groups is 1. The molecule has 1 aliphatic rings. The van der Waals surface area contributed by atoms with E-state index in [0.717, 1.165) is 12.2 Å². The van der Waals surface area contributed by atoms with E-state index in [1.165, 1.54) is 18.7 Å². The van der Waals surface area contributed by atoms with Gasteiger partial charge in [-0.25, -0.2) is 0 Å². The van der Waals surface area contributed by atoms with Gasteiger partial charge in [0.15, 0.2) is 5.78 Å². The zero-order chi connectivity index (χ0) is 11.6. The van der Waals surface area contributed by atoms with Crippen LogP contribution in [-0.2, 0) is 15.6 Å². The van der Waals surface area contributed by atoms with Crippen LogP contribution in [0.25, 0.3) is 0 Å². The van der Waals surface area contributed by atoms with E-state index in [9.17, 15) is 14.1 Å². The molecule has 1 fully saturated rings. The molecule has 1 aliphatic heterocycles. The third-order valence-corrected chi connectivity index (χ3v) is 6.34. The summed E-state index contributed by atoms with van der Waals surface area (Å²) in [4.78, 5) is 11.8. The summed E-state index contributed by atoms with van der Waals surface area (Å²) in [6, 6.07) is 0. The minimum atomic E-state index is -1.44. The van der Waals surface area contributed by atoms with E-state index in [1.807, 2.05) is 0 Å². The number of carbonyl (C=O) groups excluding carboxylic acids is 1. The molecule has 4 nitrogen and oxygen atoms in total. The molecule has 0 aromatic carbocycles. The van der Waals surface area contributed by atoms with Crippen molar-refractivity contribution in [3.05, 3.63) is 0 Å². The van der Waals surface area contributed by atoms with E-state index in [-0.39, 0.29) is 0 Å². The molecule has 4 atom stereocenters. The summed E-state index contributed by atoms with van der Waals surface area (Å²) in [5.74, 6) is 0.725. The molecule has 1 rings (SSSR count). The molecule has 0 aromatic rings. The Bertz CT molecular complexity index is 279. The first kappa shape index (κ1) is 13.2. The van der Waals surface area contributed by atoms with E-state index in [0.29, 0.717) is 5.75 Å². The highest BCUT2D eigenvalue weighted by atomic mass is 32.2. The molecule has 6 heteroatoms. The summed E-state index contributed by atoms with van der Waals surface area (Å²) >= 11 is 1.31. The largest absolute Gasteiger partial charge is 0.390 e. The second-order valence-corrected chi connectivity index (χ2v) is 7.43. The molecule has 0 spiro atoms. The van der Waals surface area contributed by atoms with Gasteiger partial charge in [-0.1, -0.05) is 0 Å². The Morgan fingerprint density at radius 2 is 2.13 bits per heavy atom. The van der Waals surface area contributed by atoms with Gasteiger partial charge in [-0.15, -0.1) is 11.8 Å². The van der Waals surface area contributed by atoms with Crippen LogP contribution in [0, 0.1) is 0 Å². The summed E-state index contributed by atoms with van der Waals surface area (Å²) in [6.07, 6.45) is -1.73. The first-order chi connectivity index (χ1) is 6.89. The normalized spacial score (nSPS) is 35.9. The van der Waals surface area contributed by atoms with Gasteiger partial charge in [0.2, 0.25) is 0 Å². The maximum Gasteiger partial charge on any atom is 0.192 e. The molecule has 88 valence electrons. The fourth-order valence-electron chi connectivity index (χ4n) is 1.39. The zero-order valence-electron chi connectivity index (χ0n) is 8.80. The van der Waals surface area contributed by atoms with Crippen molar-refractivity contribution in [1.82, 2.24) is 0 Å². The van der Waals surface area contributed by atoms with Crippen LogP contribution in [0.2, 0.25) is 0 Å². The number of ketones is 1. The van der Waals surface area contributed by atoms with Crippen LogP contribution >= 0.6 is 11.8 Å². The second kappa shape index (κ2) is 4.95. The minimum Gasteiger partial charge on any atom is -0.390 e. The fraction of sp³-hybridized carbons (Fsp3) is 0.889. The van der Waals surface area contributed by atoms with Crippen LogP contribution in [0.5, 0.6) is 0 Å². The molecule has 0 saturated carbocycles. The first-order valence-corrected chi connectivity index (χ1v) is 7.13. The molecule has 0 bridgehead atoms. The van der Waals surface area contributed by atoms with Crippen LogP contribution in [0.15, 0.2) is 0 Å². The lowest BCUT2D eigenvalue weighted by molar-refractivity contribution is -0.132. The van der Waals surface area contributed by atoms with Crippen LogP contribution in [0.3, 0.4) is 0 Å². The van der Waals surface area contributed by atoms with Gasteiger partial charge in [0.25, 0.3) is 0 Å². The van der Waals surface area contributed by atoms with Crippen molar-refractivity contribution >= 4 is 28.3 Å². The third kappa shape index (κ3) is 2.61. The van der Waals surface area contributed by atoms with E-state index >= 15 is 0 Å². The van der Waals surface area contributed by atoms with E-state index in [4.69, 9.17) is 5.11 Å². The van der Waals surface area contributed by atoms with Crippen molar-refractivity contribution in [3.8, 4) is 0 Å². The van der Waals surface area contributed by atoms with Gasteiger partial charge >= 0.3 is 0 Å². The Labute approximate surface area is 95.9 Å². The summed E-state index contributed by atoms with van der Waals surface area (Å²) < 4.78 is 10.7. The topological polar surface area (TPSA) is 74.6 Å². The Morgan fingerprint density at radius 1 is 1.53 bits per heavy atom. The van der Waals surface area contributed by atoms with Crippen LogP contribution in [0.4, 0.5) is 0 Å². The summed E-state index contributed by atoms with van der Waals surface area (Å²) in [5.41, 5.74) is 0. The van der Waals surface area contributed by atoms with Crippen LogP contribution in [0.1, 0.15) is 20.3 Å². The Morgan fingerprint density at radius 3 is 2.60 bits per heavy atom. The van der Waals surface area contributed by atoms with Crippen LogP contribution in [-0.4, -0.2) is 48.0 Å². The Kier molecular flexibility index (Phi) is 4.34. The number of hydrogen-bond acceptors (Lipinski definition) is 5. The van der Waals surface area contributed by atoms with E-state index in [2.05, 4.69) is 0 Å². The standard InChI is InChI=1S/C9H16O4S2/c1-6(10)7(11)8(12)9(2)14-4-3-5-15(9)13/h6-7,10-11H,3-5H2,1-2H3/t6-,7+,9-,15?/m0/s1. The Hall–Kier alpha value is 0.0900. The number of Topliss-reactive ketones (excluding diaryl/α,β-unsaturated/α-hetero) is 1. The average molecular weight is 252 g/mol. The van der Waals surface area contributed by atoms with Crippen molar-refractivity contribution in [2.45, 2.75) is 36.6 Å².